The Bertz CT molecular complexity index is 452. The minimum Gasteiger partial charge on any atom is -0.355 e. The van der Waals surface area contributed by atoms with Crippen LogP contribution < -0.4 is 11.1 Å². The molecule has 0 saturated carbocycles. The first-order valence-corrected chi connectivity index (χ1v) is 7.00. The van der Waals surface area contributed by atoms with Crippen LogP contribution in [0.4, 0.5) is 0 Å². The summed E-state index contributed by atoms with van der Waals surface area (Å²) in [6.45, 7) is 3.96. The summed E-state index contributed by atoms with van der Waals surface area (Å²) in [5.74, 6) is 0.0579. The Morgan fingerprint density at radius 1 is 1.53 bits per heavy atom. The average Bonchev–Trinajstić information content (AvgIpc) is 2.74. The summed E-state index contributed by atoms with van der Waals surface area (Å²) < 4.78 is 0. The first kappa shape index (κ1) is 14.3. The molecule has 3 N–H and O–H groups in total. The molecule has 1 fully saturated rings. The molecule has 0 bridgehead atoms. The lowest BCUT2D eigenvalue weighted by atomic mass is 10.1. The molecule has 2 rings (SSSR count). The quantitative estimate of drug-likeness (QED) is 0.877. The van der Waals surface area contributed by atoms with Crippen LogP contribution in [0.1, 0.15) is 18.9 Å². The van der Waals surface area contributed by atoms with Crippen molar-refractivity contribution in [2.24, 2.45) is 5.73 Å². The van der Waals surface area contributed by atoms with Crippen LogP contribution in [0.25, 0.3) is 0 Å². The van der Waals surface area contributed by atoms with Gasteiger partial charge in [0, 0.05) is 30.7 Å². The first-order chi connectivity index (χ1) is 9.11. The Balaban J connectivity index is 2.09. The lowest BCUT2D eigenvalue weighted by molar-refractivity contribution is -0.125. The topological polar surface area (TPSA) is 58.4 Å². The number of amides is 1. The number of likely N-dealkylation sites (N-methyl/N-ethyl adjacent to an activating group) is 1. The molecule has 1 aromatic rings. The van der Waals surface area contributed by atoms with Gasteiger partial charge in [-0.1, -0.05) is 29.8 Å². The zero-order valence-corrected chi connectivity index (χ0v) is 11.9. The second kappa shape index (κ2) is 6.37. The average molecular weight is 282 g/mol. The van der Waals surface area contributed by atoms with Crippen LogP contribution >= 0.6 is 11.6 Å². The van der Waals surface area contributed by atoms with Crippen LogP contribution in [-0.2, 0) is 11.3 Å². The molecule has 5 heteroatoms. The number of benzene rings is 1. The van der Waals surface area contributed by atoms with Crippen molar-refractivity contribution in [2.75, 3.05) is 13.1 Å². The Morgan fingerprint density at radius 2 is 2.26 bits per heavy atom. The van der Waals surface area contributed by atoms with Crippen molar-refractivity contribution in [3.63, 3.8) is 0 Å². The van der Waals surface area contributed by atoms with E-state index in [0.29, 0.717) is 19.5 Å². The first-order valence-electron chi connectivity index (χ1n) is 6.62. The van der Waals surface area contributed by atoms with Gasteiger partial charge in [-0.2, -0.15) is 0 Å². The van der Waals surface area contributed by atoms with Crippen LogP contribution in [0.5, 0.6) is 0 Å². The fourth-order valence-electron chi connectivity index (χ4n) is 2.52. The molecular formula is C14H20ClN3O. The van der Waals surface area contributed by atoms with Crippen LogP contribution in [0.2, 0.25) is 5.02 Å². The van der Waals surface area contributed by atoms with Gasteiger partial charge >= 0.3 is 0 Å². The highest BCUT2D eigenvalue weighted by Crippen LogP contribution is 2.23. The molecule has 1 saturated heterocycles. The molecule has 19 heavy (non-hydrogen) atoms. The number of nitrogens with zero attached hydrogens (tertiary/aromatic N) is 1. The van der Waals surface area contributed by atoms with Gasteiger partial charge in [0.1, 0.15) is 0 Å². The van der Waals surface area contributed by atoms with Crippen LogP contribution in [0.3, 0.4) is 0 Å². The van der Waals surface area contributed by atoms with Gasteiger partial charge in [0.05, 0.1) is 6.04 Å². The highest BCUT2D eigenvalue weighted by atomic mass is 35.5. The van der Waals surface area contributed by atoms with Gasteiger partial charge in [0.15, 0.2) is 0 Å². The number of nitrogens with one attached hydrogen (secondary N) is 1. The highest BCUT2D eigenvalue weighted by molar-refractivity contribution is 6.31. The van der Waals surface area contributed by atoms with Crippen molar-refractivity contribution in [3.8, 4) is 0 Å². The second-order valence-corrected chi connectivity index (χ2v) is 5.33. The summed E-state index contributed by atoms with van der Waals surface area (Å²) in [5.41, 5.74) is 7.02. The summed E-state index contributed by atoms with van der Waals surface area (Å²) in [6.07, 6.45) is 0.705. The Hall–Kier alpha value is -1.10. The highest BCUT2D eigenvalue weighted by Gasteiger charge is 2.34. The molecule has 1 heterocycles. The number of hydrogen-bond donors (Lipinski definition) is 2. The summed E-state index contributed by atoms with van der Waals surface area (Å²) >= 11 is 6.17. The molecule has 0 aromatic heterocycles. The van der Waals surface area contributed by atoms with E-state index >= 15 is 0 Å². The molecule has 4 nitrogen and oxygen atoms in total. The molecule has 0 spiro atoms. The number of carbonyl (C=O) groups excluding carboxylic acids is 1. The molecule has 0 aliphatic carbocycles. The van der Waals surface area contributed by atoms with E-state index in [1.165, 1.54) is 0 Å². The molecule has 1 aliphatic rings. The summed E-state index contributed by atoms with van der Waals surface area (Å²) in [4.78, 5) is 14.1. The van der Waals surface area contributed by atoms with Gasteiger partial charge < -0.3 is 11.1 Å². The van der Waals surface area contributed by atoms with E-state index < -0.39 is 0 Å². The van der Waals surface area contributed by atoms with Gasteiger partial charge in [0.25, 0.3) is 0 Å². The van der Waals surface area contributed by atoms with Crippen molar-refractivity contribution in [1.82, 2.24) is 10.2 Å². The molecule has 1 aliphatic heterocycles. The molecule has 1 amide bonds. The van der Waals surface area contributed by atoms with Crippen molar-refractivity contribution in [2.45, 2.75) is 32.0 Å². The standard InChI is InChI=1S/C14H20ClN3O/c1-2-17-14(19)13-7-11(16)9-18(13)8-10-5-3-4-6-12(10)15/h3-6,11,13H,2,7-9,16H2,1H3,(H,17,19)/t11-,13+/m1/s1. The van der Waals surface area contributed by atoms with E-state index in [1.807, 2.05) is 31.2 Å². The third-order valence-electron chi connectivity index (χ3n) is 3.42. The van der Waals surface area contributed by atoms with Gasteiger partial charge in [-0.05, 0) is 25.0 Å². The molecule has 1 aromatic carbocycles. The Morgan fingerprint density at radius 3 is 2.95 bits per heavy atom. The zero-order chi connectivity index (χ0) is 13.8. The fourth-order valence-corrected chi connectivity index (χ4v) is 2.72. The molecule has 0 unspecified atom stereocenters. The van der Waals surface area contributed by atoms with E-state index in [9.17, 15) is 4.79 Å². The number of hydrogen-bond acceptors (Lipinski definition) is 3. The van der Waals surface area contributed by atoms with Gasteiger partial charge in [-0.15, -0.1) is 0 Å². The maximum absolute atomic E-state index is 12.0. The van der Waals surface area contributed by atoms with Gasteiger partial charge in [-0.25, -0.2) is 0 Å². The van der Waals surface area contributed by atoms with Crippen molar-refractivity contribution < 1.29 is 4.79 Å². The lowest BCUT2D eigenvalue weighted by Gasteiger charge is -2.23. The summed E-state index contributed by atoms with van der Waals surface area (Å²) in [7, 11) is 0. The minimum absolute atomic E-state index is 0.0510. The molecule has 0 radical (unpaired) electrons. The zero-order valence-electron chi connectivity index (χ0n) is 11.1. The van der Waals surface area contributed by atoms with Crippen LogP contribution in [0, 0.1) is 0 Å². The number of rotatable bonds is 4. The van der Waals surface area contributed by atoms with E-state index in [1.54, 1.807) is 0 Å². The van der Waals surface area contributed by atoms with Crippen LogP contribution in [0.15, 0.2) is 24.3 Å². The monoisotopic (exact) mass is 281 g/mol. The van der Waals surface area contributed by atoms with Crippen LogP contribution in [-0.4, -0.2) is 36.0 Å². The van der Waals surface area contributed by atoms with E-state index in [-0.39, 0.29) is 18.0 Å². The molecular weight excluding hydrogens is 262 g/mol. The number of carbonyl (C=O) groups is 1. The predicted molar refractivity (Wildman–Crippen MR) is 76.9 cm³/mol. The van der Waals surface area contributed by atoms with Crippen molar-refractivity contribution in [1.29, 1.82) is 0 Å². The number of nitrogens with two attached hydrogens (primary N) is 1. The third-order valence-corrected chi connectivity index (χ3v) is 3.79. The Labute approximate surface area is 118 Å². The second-order valence-electron chi connectivity index (χ2n) is 4.93. The maximum atomic E-state index is 12.0. The Kier molecular flexibility index (Phi) is 4.80. The SMILES string of the molecule is CCNC(=O)[C@@H]1C[C@@H](N)CN1Cc1ccccc1Cl. The van der Waals surface area contributed by atoms with E-state index in [2.05, 4.69) is 10.2 Å². The van der Waals surface area contributed by atoms with Gasteiger partial charge in [0.2, 0.25) is 5.91 Å². The maximum Gasteiger partial charge on any atom is 0.237 e. The lowest BCUT2D eigenvalue weighted by Crippen LogP contribution is -2.42. The summed E-state index contributed by atoms with van der Waals surface area (Å²) in [5, 5.41) is 3.60. The van der Waals surface area contributed by atoms with E-state index in [4.69, 9.17) is 17.3 Å². The minimum atomic E-state index is -0.147. The number of likely N-dealkylation sites (tertiary alicyclic amines) is 1. The van der Waals surface area contributed by atoms with Crippen molar-refractivity contribution in [3.05, 3.63) is 34.9 Å². The molecule has 104 valence electrons. The van der Waals surface area contributed by atoms with Crippen molar-refractivity contribution >= 4 is 17.5 Å². The fraction of sp³-hybridized carbons (Fsp3) is 0.500. The summed E-state index contributed by atoms with van der Waals surface area (Å²) in [6, 6.07) is 7.62. The smallest absolute Gasteiger partial charge is 0.237 e. The largest absolute Gasteiger partial charge is 0.355 e. The predicted octanol–water partition coefficient (Wildman–Crippen LogP) is 1.38. The third kappa shape index (κ3) is 3.47. The van der Waals surface area contributed by atoms with Gasteiger partial charge in [-0.3, -0.25) is 9.69 Å². The molecule has 2 atom stereocenters. The van der Waals surface area contributed by atoms with E-state index in [0.717, 1.165) is 17.1 Å². The number of halogens is 1. The normalized spacial score (nSPS) is 23.5.